The number of nitrogens with one attached hydrogen (secondary N) is 4. The number of fused-ring (bicyclic) bond motifs is 12. The largest absolute Gasteiger partial charge is 0.366 e. The number of nitrogens with two attached hydrogens (primary N) is 1. The number of nitrogens with zero attached hydrogens (tertiary/aromatic N) is 6. The molecule has 6 fully saturated rings. The zero-order chi connectivity index (χ0) is 68.9. The molecule has 12 unspecified atom stereocenters. The summed E-state index contributed by atoms with van der Waals surface area (Å²) in [5.74, 6) is 8.73. The molecular weight excluding hydrogens is 1270 g/mol. The SMILES string of the molecule is CNC(=O)c1ccc2nc(C[C@@H](C)C3CC4CC3CC4c3ccnc4ccc(F)cc34)[nH]c2c1.C[C@H](Cc1nc2ccc(C(N)=O)cc2[nH]1)C1CC2CC1CC2c1ccnc2ccc(F)cc12.Cc1c(F)c(F)cc2[nH]c(C[C@@H](C)C3CC4CC3CC4c3ccnc4ccc(F)cc34)nc12. The van der Waals surface area contributed by atoms with Crippen LogP contribution >= 0.6 is 0 Å². The second kappa shape index (κ2) is 26.3. The van der Waals surface area contributed by atoms with Crippen LogP contribution in [0.25, 0.3) is 65.8 Å². The molecule has 18 rings (SSSR count). The molecular formula is C82H82F5N11O2. The van der Waals surface area contributed by atoms with Gasteiger partial charge in [-0.05, 0) is 279 Å². The standard InChI is InChI=1S/C28H29FN4O.C27H26F3N3.C27H27FN4O/c1-15(9-27-32-25-5-3-16(28(34)30-2)13-26(25)33-27)21-11-18-10-17(21)12-22(18)20-7-8-31-24-6-4-19(29)14-23(20)24;1-13(7-25-32-24-12-22(29)26(30)14(2)27(24)33-25)19-9-16-8-15(19)10-20(16)18-5-6-31-23-4-3-17(28)11-21(18)23;1-14(8-26-31-24-4-2-15(27(29)33)12-25(24)32-26)20-10-17-9-16(20)11-21(17)19-6-7-30-23-5-3-18(28)13-22(19)23/h3-8,13-15,17-18,21-22H,9-12H2,1-2H3,(H,30,34)(H,32,33);3-6,11-13,15-16,19-20H,7-10H2,1-2H3,(H,32,33);2-7,12-14,16-17,20-21H,8-11H2,1H3,(H2,29,33)(H,31,32)/t15-,17?,18?,21?,22?;13-,15?,16?,19?,20?;14-,16?,17?,20?,21?/m111/s1. The lowest BCUT2D eigenvalue weighted by atomic mass is 9.73. The van der Waals surface area contributed by atoms with Crippen molar-refractivity contribution in [2.24, 2.45) is 76.7 Å². The summed E-state index contributed by atoms with van der Waals surface area (Å²) >= 11 is 0. The van der Waals surface area contributed by atoms with Crippen LogP contribution in [-0.4, -0.2) is 63.7 Å². The highest BCUT2D eigenvalue weighted by molar-refractivity contribution is 5.97. The number of carbonyl (C=O) groups excluding carboxylic acids is 2. The Balaban J connectivity index is 0.000000117. The Hall–Kier alpha value is -9.45. The van der Waals surface area contributed by atoms with E-state index in [1.807, 2.05) is 42.9 Å². The van der Waals surface area contributed by atoms with Gasteiger partial charge in [-0.2, -0.15) is 0 Å². The molecule has 13 nitrogen and oxygen atoms in total. The molecule has 6 aliphatic carbocycles. The van der Waals surface area contributed by atoms with Gasteiger partial charge in [-0.15, -0.1) is 0 Å². The van der Waals surface area contributed by atoms with Crippen molar-refractivity contribution in [3.63, 3.8) is 0 Å². The molecule has 0 radical (unpaired) electrons. The highest BCUT2D eigenvalue weighted by atomic mass is 19.2. The molecule has 6 saturated carbocycles. The number of aromatic nitrogens is 9. The van der Waals surface area contributed by atoms with Gasteiger partial charge in [0.2, 0.25) is 5.91 Å². The summed E-state index contributed by atoms with van der Waals surface area (Å²) in [6, 6.07) is 33.2. The van der Waals surface area contributed by atoms with Crippen molar-refractivity contribution in [1.82, 2.24) is 50.2 Å². The summed E-state index contributed by atoms with van der Waals surface area (Å²) in [5, 5.41) is 5.56. The molecule has 6 aliphatic rings. The van der Waals surface area contributed by atoms with E-state index < -0.39 is 17.5 Å². The Morgan fingerprint density at radius 3 is 1.23 bits per heavy atom. The average Bonchev–Trinajstić information content (AvgIpc) is 1.59. The van der Waals surface area contributed by atoms with Crippen molar-refractivity contribution in [2.45, 2.75) is 122 Å². The van der Waals surface area contributed by atoms with Crippen LogP contribution in [0, 0.1) is 107 Å². The van der Waals surface area contributed by atoms with Crippen LogP contribution in [0.15, 0.2) is 134 Å². The molecule has 6 heterocycles. The van der Waals surface area contributed by atoms with E-state index in [4.69, 9.17) is 15.7 Å². The fourth-order valence-corrected chi connectivity index (χ4v) is 20.1. The summed E-state index contributed by atoms with van der Waals surface area (Å²) < 4.78 is 69.5. The second-order valence-corrected chi connectivity index (χ2v) is 30.4. The first kappa shape index (κ1) is 65.2. The van der Waals surface area contributed by atoms with Crippen molar-refractivity contribution in [2.75, 3.05) is 7.05 Å². The van der Waals surface area contributed by atoms with Gasteiger partial charge >= 0.3 is 0 Å². The zero-order valence-electron chi connectivity index (χ0n) is 56.8. The van der Waals surface area contributed by atoms with Gasteiger partial charge < -0.3 is 26.0 Å². The third-order valence-corrected chi connectivity index (χ3v) is 24.7. The summed E-state index contributed by atoms with van der Waals surface area (Å²) in [7, 11) is 1.64. The Morgan fingerprint density at radius 2 is 0.840 bits per heavy atom. The molecule has 6 bridgehead atoms. The third-order valence-electron chi connectivity index (χ3n) is 24.7. The van der Waals surface area contributed by atoms with Crippen molar-refractivity contribution in [3.8, 4) is 0 Å². The molecule has 100 heavy (non-hydrogen) atoms. The lowest BCUT2D eigenvalue weighted by Gasteiger charge is -2.32. The van der Waals surface area contributed by atoms with Crippen molar-refractivity contribution < 1.29 is 31.5 Å². The smallest absolute Gasteiger partial charge is 0.251 e. The first-order chi connectivity index (χ1) is 48.3. The van der Waals surface area contributed by atoms with E-state index in [0.29, 0.717) is 111 Å². The quantitative estimate of drug-likeness (QED) is 0.0663. The van der Waals surface area contributed by atoms with Crippen LogP contribution in [-0.2, 0) is 19.3 Å². The predicted molar refractivity (Wildman–Crippen MR) is 380 cm³/mol. The van der Waals surface area contributed by atoms with Gasteiger partial charge in [-0.25, -0.2) is 36.9 Å². The van der Waals surface area contributed by atoms with Gasteiger partial charge in [0, 0.05) is 83.8 Å². The number of imidazole rings is 3. The molecule has 0 spiro atoms. The predicted octanol–water partition coefficient (Wildman–Crippen LogP) is 17.8. The van der Waals surface area contributed by atoms with E-state index in [9.17, 15) is 31.5 Å². The molecule has 6 aromatic heterocycles. The van der Waals surface area contributed by atoms with Gasteiger partial charge in [-0.1, -0.05) is 20.8 Å². The van der Waals surface area contributed by atoms with Crippen LogP contribution < -0.4 is 11.1 Å². The lowest BCUT2D eigenvalue weighted by Crippen LogP contribution is -2.24. The maximum atomic E-state index is 14.0. The fourth-order valence-electron chi connectivity index (χ4n) is 20.1. The topological polar surface area (TPSA) is 197 Å². The number of H-pyrrole nitrogens is 3. The molecule has 512 valence electrons. The van der Waals surface area contributed by atoms with E-state index in [-0.39, 0.29) is 28.9 Å². The third kappa shape index (κ3) is 12.2. The molecule has 15 atom stereocenters. The monoisotopic (exact) mass is 1350 g/mol. The fraction of sp³-hybridized carbons (Fsp3) is 0.390. The van der Waals surface area contributed by atoms with E-state index >= 15 is 0 Å². The number of carbonyl (C=O) groups is 2. The van der Waals surface area contributed by atoms with Crippen LogP contribution in [0.1, 0.15) is 157 Å². The number of benzene rings is 6. The first-order valence-electron chi connectivity index (χ1n) is 35.8. The van der Waals surface area contributed by atoms with Crippen molar-refractivity contribution in [1.29, 1.82) is 0 Å². The van der Waals surface area contributed by atoms with Crippen molar-refractivity contribution >= 4 is 77.6 Å². The Morgan fingerprint density at radius 1 is 0.460 bits per heavy atom. The van der Waals surface area contributed by atoms with Gasteiger partial charge in [0.15, 0.2) is 11.6 Å². The molecule has 6 aromatic carbocycles. The Bertz CT molecular complexity index is 5160. The Labute approximate surface area is 576 Å². The molecule has 2 amide bonds. The van der Waals surface area contributed by atoms with Crippen LogP contribution in [0.4, 0.5) is 22.0 Å². The first-order valence-corrected chi connectivity index (χ1v) is 35.8. The number of amides is 2. The Kier molecular flexibility index (Phi) is 17.1. The number of aromatic amines is 3. The van der Waals surface area contributed by atoms with Gasteiger partial charge in [0.25, 0.3) is 5.91 Å². The second-order valence-electron chi connectivity index (χ2n) is 30.4. The normalized spacial score (nSPS) is 25.1. The van der Waals surface area contributed by atoms with Crippen LogP contribution in [0.3, 0.4) is 0 Å². The molecule has 18 heteroatoms. The number of aryl methyl sites for hydroxylation is 1. The maximum Gasteiger partial charge on any atom is 0.251 e. The maximum absolute atomic E-state index is 14.0. The van der Waals surface area contributed by atoms with Crippen LogP contribution in [0.5, 0.6) is 0 Å². The summed E-state index contributed by atoms with van der Waals surface area (Å²) in [6.07, 6.45) is 18.9. The minimum atomic E-state index is -0.842. The number of rotatable bonds is 14. The van der Waals surface area contributed by atoms with E-state index in [1.165, 1.54) is 79.5 Å². The molecule has 0 aliphatic heterocycles. The van der Waals surface area contributed by atoms with E-state index in [2.05, 4.69) is 79.2 Å². The average molecular weight is 1350 g/mol. The van der Waals surface area contributed by atoms with E-state index in [0.717, 1.165) is 111 Å². The molecule has 12 aromatic rings. The highest BCUT2D eigenvalue weighted by Crippen LogP contribution is 2.61. The number of hydrogen-bond donors (Lipinski definition) is 5. The molecule has 0 saturated heterocycles. The highest BCUT2D eigenvalue weighted by Gasteiger charge is 2.51. The summed E-state index contributed by atoms with van der Waals surface area (Å²) in [4.78, 5) is 60.8. The van der Waals surface area contributed by atoms with Gasteiger partial charge in [0.05, 0.1) is 49.7 Å². The number of hydrogen-bond acceptors (Lipinski definition) is 8. The minimum absolute atomic E-state index is 0.0901. The molecule has 6 N–H and O–H groups in total. The van der Waals surface area contributed by atoms with Crippen LogP contribution in [0.2, 0.25) is 0 Å². The lowest BCUT2D eigenvalue weighted by molar-refractivity contribution is 0.0961. The number of primary amides is 1. The van der Waals surface area contributed by atoms with Crippen molar-refractivity contribution in [3.05, 3.63) is 214 Å². The summed E-state index contributed by atoms with van der Waals surface area (Å²) in [5.41, 5.74) is 17.8. The zero-order valence-corrected chi connectivity index (χ0v) is 56.8. The van der Waals surface area contributed by atoms with Gasteiger partial charge in [0.1, 0.15) is 34.9 Å². The summed E-state index contributed by atoms with van der Waals surface area (Å²) in [6.45, 7) is 8.51. The van der Waals surface area contributed by atoms with E-state index in [1.54, 1.807) is 62.5 Å². The van der Waals surface area contributed by atoms with Gasteiger partial charge in [-0.3, -0.25) is 24.5 Å². The minimum Gasteiger partial charge on any atom is -0.366 e. The number of halogens is 5. The number of pyridine rings is 3.